The number of nitrogens with zero attached hydrogens (tertiary/aromatic N) is 2. The second-order valence-electron chi connectivity index (χ2n) is 9.45. The summed E-state index contributed by atoms with van der Waals surface area (Å²) < 4.78 is 27.6. The maximum atomic E-state index is 13.8. The van der Waals surface area contributed by atoms with Gasteiger partial charge in [0.1, 0.15) is 18.4 Å². The number of likely N-dealkylation sites (N-methyl/N-ethyl adjacent to an activating group) is 1. The van der Waals surface area contributed by atoms with Crippen molar-refractivity contribution >= 4 is 11.9 Å². The molecule has 6 atom stereocenters. The lowest BCUT2D eigenvalue weighted by Crippen LogP contribution is -2.54. The van der Waals surface area contributed by atoms with Crippen molar-refractivity contribution in [3.63, 3.8) is 0 Å². The van der Waals surface area contributed by atoms with Crippen molar-refractivity contribution in [3.05, 3.63) is 0 Å². The van der Waals surface area contributed by atoms with Gasteiger partial charge in [0.25, 0.3) is 0 Å². The van der Waals surface area contributed by atoms with Crippen molar-refractivity contribution in [1.29, 1.82) is 0 Å². The summed E-state index contributed by atoms with van der Waals surface area (Å²) in [5, 5.41) is 8.02. The number of carbonyl (C=O) groups excluding carboxylic acids is 1. The zero-order chi connectivity index (χ0) is 21.8. The van der Waals surface area contributed by atoms with E-state index in [0.29, 0.717) is 37.7 Å². The number of guanidine groups is 1. The van der Waals surface area contributed by atoms with Gasteiger partial charge in [0, 0.05) is 32.1 Å². The first kappa shape index (κ1) is 23.3. The molecule has 5 N–H and O–H groups in total. The van der Waals surface area contributed by atoms with E-state index in [1.807, 2.05) is 19.0 Å². The lowest BCUT2D eigenvalue weighted by molar-refractivity contribution is -0.124. The number of halogens is 2. The van der Waals surface area contributed by atoms with Gasteiger partial charge >= 0.3 is 0 Å². The molecule has 6 unspecified atom stereocenters. The normalized spacial score (nSPS) is 38.2. The molecular weight excluding hydrogens is 392 g/mol. The number of aliphatic imine (C=N–C) groups is 1. The van der Waals surface area contributed by atoms with Crippen molar-refractivity contribution < 1.29 is 13.6 Å². The Morgan fingerprint density at radius 3 is 2.43 bits per heavy atom. The van der Waals surface area contributed by atoms with Crippen LogP contribution in [0.25, 0.3) is 0 Å². The highest BCUT2D eigenvalue weighted by atomic mass is 19.1. The van der Waals surface area contributed by atoms with E-state index in [4.69, 9.17) is 0 Å². The summed E-state index contributed by atoms with van der Waals surface area (Å²) in [6, 6.07) is -0.0450. The van der Waals surface area contributed by atoms with E-state index in [2.05, 4.69) is 45.8 Å². The van der Waals surface area contributed by atoms with Gasteiger partial charge in [-0.15, -0.1) is 0 Å². The van der Waals surface area contributed by atoms with E-state index < -0.39 is 12.3 Å². The van der Waals surface area contributed by atoms with Crippen LogP contribution in [0.15, 0.2) is 4.99 Å². The Morgan fingerprint density at radius 1 is 1.13 bits per heavy atom. The van der Waals surface area contributed by atoms with Gasteiger partial charge in [-0.1, -0.05) is 13.8 Å². The van der Waals surface area contributed by atoms with E-state index in [-0.39, 0.29) is 42.5 Å². The number of nitrogens with one attached hydrogen (secondary N) is 5. The summed E-state index contributed by atoms with van der Waals surface area (Å²) in [6.45, 7) is 6.75. The fourth-order valence-electron chi connectivity index (χ4n) is 4.56. The molecule has 30 heavy (non-hydrogen) atoms. The summed E-state index contributed by atoms with van der Waals surface area (Å²) in [5.41, 5.74) is 9.55. The van der Waals surface area contributed by atoms with Crippen molar-refractivity contribution in [1.82, 2.24) is 31.9 Å². The first-order chi connectivity index (χ1) is 14.2. The monoisotopic (exact) mass is 429 g/mol. The van der Waals surface area contributed by atoms with E-state index >= 15 is 0 Å². The van der Waals surface area contributed by atoms with Crippen molar-refractivity contribution in [2.75, 3.05) is 13.6 Å². The highest BCUT2D eigenvalue weighted by molar-refractivity contribution is 5.99. The van der Waals surface area contributed by atoms with Crippen LogP contribution in [-0.2, 0) is 4.79 Å². The van der Waals surface area contributed by atoms with E-state index in [1.54, 1.807) is 0 Å². The predicted octanol–water partition coefficient (Wildman–Crippen LogP) is 0.970. The third kappa shape index (κ3) is 6.32. The Hall–Kier alpha value is -1.36. The zero-order valence-electron chi connectivity index (χ0n) is 18.4. The fraction of sp³-hybridized carbons (Fsp3) is 0.900. The third-order valence-electron chi connectivity index (χ3n) is 6.07. The first-order valence-electron chi connectivity index (χ1n) is 11.1. The predicted molar refractivity (Wildman–Crippen MR) is 113 cm³/mol. The number of amides is 1. The van der Waals surface area contributed by atoms with Gasteiger partial charge in [0.15, 0.2) is 5.96 Å². The van der Waals surface area contributed by atoms with Gasteiger partial charge in [0.05, 0.1) is 6.17 Å². The molecule has 8 nitrogen and oxygen atoms in total. The molecule has 3 aliphatic rings. The Bertz CT molecular complexity index is 610. The molecule has 2 saturated heterocycles. The van der Waals surface area contributed by atoms with Gasteiger partial charge in [-0.05, 0) is 44.4 Å². The van der Waals surface area contributed by atoms with Crippen LogP contribution in [-0.4, -0.2) is 67.1 Å². The fourth-order valence-corrected chi connectivity index (χ4v) is 4.56. The number of hydrogen-bond donors (Lipinski definition) is 5. The minimum atomic E-state index is -1.07. The van der Waals surface area contributed by atoms with Gasteiger partial charge in [-0.25, -0.2) is 19.2 Å². The summed E-state index contributed by atoms with van der Waals surface area (Å²) in [4.78, 5) is 17.3. The van der Waals surface area contributed by atoms with Crippen LogP contribution < -0.4 is 26.9 Å². The van der Waals surface area contributed by atoms with Gasteiger partial charge in [0.2, 0.25) is 5.91 Å². The van der Waals surface area contributed by atoms with Crippen LogP contribution >= 0.6 is 0 Å². The Balaban J connectivity index is 1.57. The first-order valence-corrected chi connectivity index (χ1v) is 11.1. The topological polar surface area (TPSA) is 92.8 Å². The summed E-state index contributed by atoms with van der Waals surface area (Å²) in [5.74, 6) is 0.618. The third-order valence-corrected chi connectivity index (χ3v) is 6.07. The minimum absolute atomic E-state index is 0.0133. The Morgan fingerprint density at radius 2 is 1.83 bits per heavy atom. The molecule has 0 bridgehead atoms. The van der Waals surface area contributed by atoms with E-state index in [9.17, 15) is 13.6 Å². The maximum Gasteiger partial charge on any atom is 0.245 e. The molecule has 1 aliphatic carbocycles. The molecule has 0 aromatic heterocycles. The van der Waals surface area contributed by atoms with Crippen LogP contribution in [0, 0.1) is 11.8 Å². The van der Waals surface area contributed by atoms with Gasteiger partial charge < -0.3 is 5.32 Å². The molecule has 3 fully saturated rings. The van der Waals surface area contributed by atoms with Gasteiger partial charge in [-0.2, -0.15) is 0 Å². The van der Waals surface area contributed by atoms with Crippen LogP contribution in [0.5, 0.6) is 0 Å². The molecule has 0 aromatic rings. The highest BCUT2D eigenvalue weighted by Gasteiger charge is 2.38. The zero-order valence-corrected chi connectivity index (χ0v) is 18.4. The van der Waals surface area contributed by atoms with Crippen molar-refractivity contribution in [3.8, 4) is 0 Å². The lowest BCUT2D eigenvalue weighted by Gasteiger charge is -2.31. The van der Waals surface area contributed by atoms with E-state index in [0.717, 1.165) is 6.42 Å². The number of carbonyl (C=O) groups is 1. The molecule has 172 valence electrons. The molecular formula is C20H37F2N7O. The van der Waals surface area contributed by atoms with Crippen molar-refractivity contribution in [2.45, 2.75) is 89.5 Å². The number of hydrogen-bond acceptors (Lipinski definition) is 6. The molecule has 0 spiro atoms. The second kappa shape index (κ2) is 10.3. The average Bonchev–Trinajstić information content (AvgIpc) is 3.24. The molecule has 10 heteroatoms. The van der Waals surface area contributed by atoms with Crippen LogP contribution in [0.2, 0.25) is 0 Å². The summed E-state index contributed by atoms with van der Waals surface area (Å²) >= 11 is 0. The molecule has 2 heterocycles. The van der Waals surface area contributed by atoms with Crippen LogP contribution in [0.4, 0.5) is 8.78 Å². The highest BCUT2D eigenvalue weighted by Crippen LogP contribution is 2.33. The number of alkyl halides is 2. The molecule has 2 aliphatic heterocycles. The molecule has 1 saturated carbocycles. The van der Waals surface area contributed by atoms with Crippen LogP contribution in [0.3, 0.4) is 0 Å². The largest absolute Gasteiger partial charge is 0.339 e. The summed E-state index contributed by atoms with van der Waals surface area (Å²) in [7, 11) is 1.86. The summed E-state index contributed by atoms with van der Waals surface area (Å²) in [6.07, 6.45) is -0.168. The molecule has 0 radical (unpaired) electrons. The number of rotatable bonds is 5. The van der Waals surface area contributed by atoms with Crippen LogP contribution in [0.1, 0.15) is 52.9 Å². The molecule has 3 rings (SSSR count). The smallest absolute Gasteiger partial charge is 0.245 e. The SMILES string of the molecule is CC(C)CN=C(NC(=O)C1CC(C)NN1C)NC1CC(C2CC(F)CC(F)C2)NN1. The average molecular weight is 430 g/mol. The Labute approximate surface area is 177 Å². The molecule has 0 aromatic carbocycles. The van der Waals surface area contributed by atoms with Crippen molar-refractivity contribution in [2.24, 2.45) is 16.8 Å². The lowest BCUT2D eigenvalue weighted by atomic mass is 9.81. The Kier molecular flexibility index (Phi) is 8.00. The van der Waals surface area contributed by atoms with Gasteiger partial charge in [-0.3, -0.25) is 26.0 Å². The quantitative estimate of drug-likeness (QED) is 0.330. The second-order valence-corrected chi connectivity index (χ2v) is 9.45. The molecule has 1 amide bonds. The minimum Gasteiger partial charge on any atom is -0.339 e. The van der Waals surface area contributed by atoms with E-state index in [1.165, 1.54) is 0 Å². The standard InChI is InChI=1S/C20H37F2N7O/c1-11(2)10-23-20(25-19(30)17-5-12(3)28-29(17)4)24-18-9-16(26-27-18)13-6-14(21)8-15(22)7-13/h11-18,26-28H,5-10H2,1-4H3,(H2,23,24,25,30). The number of hydrazine groups is 2. The maximum absolute atomic E-state index is 13.8.